The van der Waals surface area contributed by atoms with E-state index in [1.54, 1.807) is 31.2 Å². The number of fused-ring (bicyclic) bond motifs is 1. The lowest BCUT2D eigenvalue weighted by Gasteiger charge is -2.08. The predicted molar refractivity (Wildman–Crippen MR) is 103 cm³/mol. The molecule has 1 heterocycles. The van der Waals surface area contributed by atoms with Crippen LogP contribution in [0.4, 0.5) is 8.78 Å². The van der Waals surface area contributed by atoms with Crippen LogP contribution in [0.25, 0.3) is 11.0 Å². The van der Waals surface area contributed by atoms with Gasteiger partial charge in [-0.25, -0.2) is 21.9 Å². The third-order valence-corrected chi connectivity index (χ3v) is 5.67. The van der Waals surface area contributed by atoms with E-state index < -0.39 is 38.4 Å². The summed E-state index contributed by atoms with van der Waals surface area (Å²) in [6.45, 7) is 1.38. The number of carbonyl (C=O) groups is 2. The SMILES string of the molecule is Cc1c(C(=O)NNC(=O)CCNS(=O)(=O)c2ccc(F)c(F)c2)oc2ccccc12. The number of furan rings is 1. The minimum Gasteiger partial charge on any atom is -0.451 e. The number of rotatable bonds is 6. The maximum atomic E-state index is 13.2. The van der Waals surface area contributed by atoms with Crippen molar-refractivity contribution in [1.29, 1.82) is 0 Å². The molecule has 3 aromatic rings. The van der Waals surface area contributed by atoms with Gasteiger partial charge in [0.2, 0.25) is 15.9 Å². The molecule has 30 heavy (non-hydrogen) atoms. The van der Waals surface area contributed by atoms with Crippen LogP contribution in [0.2, 0.25) is 0 Å². The van der Waals surface area contributed by atoms with Gasteiger partial charge in [0.25, 0.3) is 0 Å². The summed E-state index contributed by atoms with van der Waals surface area (Å²) in [5.74, 6) is -3.79. The van der Waals surface area contributed by atoms with E-state index >= 15 is 0 Å². The van der Waals surface area contributed by atoms with E-state index in [4.69, 9.17) is 4.42 Å². The normalized spacial score (nSPS) is 11.4. The monoisotopic (exact) mass is 437 g/mol. The minimum atomic E-state index is -4.13. The Kier molecular flexibility index (Phi) is 6.13. The molecule has 0 fully saturated rings. The fourth-order valence-electron chi connectivity index (χ4n) is 2.66. The molecular weight excluding hydrogens is 420 g/mol. The summed E-state index contributed by atoms with van der Waals surface area (Å²) in [5, 5.41) is 0.764. The first kappa shape index (κ1) is 21.4. The molecule has 158 valence electrons. The van der Waals surface area contributed by atoms with Crippen molar-refractivity contribution in [2.75, 3.05) is 6.54 Å². The van der Waals surface area contributed by atoms with Crippen LogP contribution in [-0.2, 0) is 14.8 Å². The molecule has 3 rings (SSSR count). The van der Waals surface area contributed by atoms with Crippen LogP contribution in [0.5, 0.6) is 0 Å². The summed E-state index contributed by atoms with van der Waals surface area (Å²) in [7, 11) is -4.13. The second kappa shape index (κ2) is 8.59. The molecule has 1 aromatic heterocycles. The van der Waals surface area contributed by atoms with Gasteiger partial charge in [-0.1, -0.05) is 18.2 Å². The number of amides is 2. The Morgan fingerprint density at radius 2 is 1.77 bits per heavy atom. The number of hydrazine groups is 1. The van der Waals surface area contributed by atoms with E-state index in [2.05, 4.69) is 15.6 Å². The van der Waals surface area contributed by atoms with E-state index in [0.717, 1.165) is 11.5 Å². The van der Waals surface area contributed by atoms with Gasteiger partial charge in [0.15, 0.2) is 17.4 Å². The van der Waals surface area contributed by atoms with E-state index in [-0.39, 0.29) is 18.7 Å². The summed E-state index contributed by atoms with van der Waals surface area (Å²) < 4.78 is 57.7. The summed E-state index contributed by atoms with van der Waals surface area (Å²) in [4.78, 5) is 23.6. The molecule has 0 saturated heterocycles. The number of para-hydroxylation sites is 1. The first-order chi connectivity index (χ1) is 14.2. The van der Waals surface area contributed by atoms with Crippen LogP contribution >= 0.6 is 0 Å². The van der Waals surface area contributed by atoms with Gasteiger partial charge in [0, 0.05) is 23.9 Å². The van der Waals surface area contributed by atoms with Gasteiger partial charge in [0.1, 0.15) is 5.58 Å². The smallest absolute Gasteiger partial charge is 0.305 e. The number of nitrogens with one attached hydrogen (secondary N) is 3. The highest BCUT2D eigenvalue weighted by molar-refractivity contribution is 7.89. The van der Waals surface area contributed by atoms with Gasteiger partial charge in [0.05, 0.1) is 4.90 Å². The van der Waals surface area contributed by atoms with Crippen molar-refractivity contribution >= 4 is 32.8 Å². The van der Waals surface area contributed by atoms with Gasteiger partial charge in [-0.05, 0) is 31.2 Å². The molecule has 2 amide bonds. The van der Waals surface area contributed by atoms with Crippen molar-refractivity contribution in [1.82, 2.24) is 15.6 Å². The molecule has 0 radical (unpaired) electrons. The first-order valence-electron chi connectivity index (χ1n) is 8.71. The molecule has 2 aromatic carbocycles. The van der Waals surface area contributed by atoms with Gasteiger partial charge < -0.3 is 4.42 Å². The number of carbonyl (C=O) groups excluding carboxylic acids is 2. The molecule has 8 nitrogen and oxygen atoms in total. The van der Waals surface area contributed by atoms with Crippen LogP contribution in [-0.4, -0.2) is 26.8 Å². The number of aryl methyl sites for hydroxylation is 1. The number of halogens is 2. The van der Waals surface area contributed by atoms with Crippen molar-refractivity contribution in [3.8, 4) is 0 Å². The van der Waals surface area contributed by atoms with Gasteiger partial charge in [-0.15, -0.1) is 0 Å². The van der Waals surface area contributed by atoms with E-state index in [1.807, 2.05) is 0 Å². The third-order valence-electron chi connectivity index (χ3n) is 4.21. The quantitative estimate of drug-likeness (QED) is 0.511. The number of hydrogen-bond donors (Lipinski definition) is 3. The van der Waals surface area contributed by atoms with Crippen molar-refractivity contribution in [3.63, 3.8) is 0 Å². The summed E-state index contributed by atoms with van der Waals surface area (Å²) >= 11 is 0. The highest BCUT2D eigenvalue weighted by Crippen LogP contribution is 2.24. The lowest BCUT2D eigenvalue weighted by Crippen LogP contribution is -2.42. The Balaban J connectivity index is 1.51. The fraction of sp³-hybridized carbons (Fsp3) is 0.158. The average Bonchev–Trinajstić information content (AvgIpc) is 3.05. The van der Waals surface area contributed by atoms with Gasteiger partial charge in [-0.2, -0.15) is 0 Å². The zero-order valence-electron chi connectivity index (χ0n) is 15.7. The molecule has 0 aliphatic carbocycles. The molecule has 11 heteroatoms. The van der Waals surface area contributed by atoms with Crippen LogP contribution in [0, 0.1) is 18.6 Å². The average molecular weight is 437 g/mol. The number of sulfonamides is 1. The van der Waals surface area contributed by atoms with Gasteiger partial charge >= 0.3 is 5.91 Å². The van der Waals surface area contributed by atoms with Crippen LogP contribution in [0.15, 0.2) is 51.8 Å². The van der Waals surface area contributed by atoms with Crippen LogP contribution < -0.4 is 15.6 Å². The molecule has 0 aliphatic heterocycles. The standard InChI is InChI=1S/C19H17F2N3O5S/c1-11-13-4-2-3-5-16(13)29-18(11)19(26)24-23-17(25)8-9-22-30(27,28)12-6-7-14(20)15(21)10-12/h2-7,10,22H,8-9H2,1H3,(H,23,25)(H,24,26). The lowest BCUT2D eigenvalue weighted by molar-refractivity contribution is -0.121. The number of hydrogen-bond acceptors (Lipinski definition) is 5. The Hall–Kier alpha value is -3.31. The van der Waals surface area contributed by atoms with Gasteiger partial charge in [-0.3, -0.25) is 20.4 Å². The molecule has 0 atom stereocenters. The molecule has 0 spiro atoms. The molecular formula is C19H17F2N3O5S. The van der Waals surface area contributed by atoms with Crippen molar-refractivity contribution in [2.45, 2.75) is 18.2 Å². The van der Waals surface area contributed by atoms with E-state index in [1.165, 1.54) is 0 Å². The zero-order valence-corrected chi connectivity index (χ0v) is 16.5. The Morgan fingerprint density at radius 3 is 2.47 bits per heavy atom. The molecule has 0 saturated carbocycles. The summed E-state index contributed by atoms with van der Waals surface area (Å²) in [5.41, 5.74) is 5.48. The van der Waals surface area contributed by atoms with Crippen molar-refractivity contribution in [3.05, 3.63) is 65.4 Å². The lowest BCUT2D eigenvalue weighted by atomic mass is 10.1. The highest BCUT2D eigenvalue weighted by Gasteiger charge is 2.19. The summed E-state index contributed by atoms with van der Waals surface area (Å²) in [6, 6.07) is 9.18. The van der Waals surface area contributed by atoms with E-state index in [9.17, 15) is 26.8 Å². The number of benzene rings is 2. The largest absolute Gasteiger partial charge is 0.451 e. The summed E-state index contributed by atoms with van der Waals surface area (Å²) in [6.07, 6.45) is -0.317. The van der Waals surface area contributed by atoms with Crippen LogP contribution in [0.1, 0.15) is 22.5 Å². The maximum Gasteiger partial charge on any atom is 0.305 e. The van der Waals surface area contributed by atoms with Crippen molar-refractivity contribution < 1.29 is 31.2 Å². The second-order valence-corrected chi connectivity index (χ2v) is 8.05. The fourth-order valence-corrected chi connectivity index (χ4v) is 3.71. The zero-order chi connectivity index (χ0) is 21.9. The predicted octanol–water partition coefficient (Wildman–Crippen LogP) is 2.15. The molecule has 0 unspecified atom stereocenters. The van der Waals surface area contributed by atoms with E-state index in [0.29, 0.717) is 23.3 Å². The third kappa shape index (κ3) is 4.63. The molecule has 0 aliphatic rings. The first-order valence-corrected chi connectivity index (χ1v) is 10.2. The second-order valence-electron chi connectivity index (χ2n) is 6.28. The Labute approximate surface area is 170 Å². The maximum absolute atomic E-state index is 13.2. The minimum absolute atomic E-state index is 0.0375. The van der Waals surface area contributed by atoms with Crippen molar-refractivity contribution in [2.24, 2.45) is 0 Å². The molecule has 3 N–H and O–H groups in total. The van der Waals surface area contributed by atoms with Crippen LogP contribution in [0.3, 0.4) is 0 Å². The Bertz CT molecular complexity index is 1220. The topological polar surface area (TPSA) is 118 Å². The highest BCUT2D eigenvalue weighted by atomic mass is 32.2. The Morgan fingerprint density at radius 1 is 1.03 bits per heavy atom. The molecule has 0 bridgehead atoms.